The number of fused-ring (bicyclic) bond motifs is 2. The Morgan fingerprint density at radius 3 is 2.65 bits per heavy atom. The highest BCUT2D eigenvalue weighted by Gasteiger charge is 2.69. The average Bonchev–Trinajstić information content (AvgIpc) is 3.31. The van der Waals surface area contributed by atoms with Gasteiger partial charge in [0.25, 0.3) is 5.56 Å². The van der Waals surface area contributed by atoms with Crippen LogP contribution in [0.3, 0.4) is 0 Å². The van der Waals surface area contributed by atoms with Gasteiger partial charge in [0.15, 0.2) is 5.69 Å². The summed E-state index contributed by atoms with van der Waals surface area (Å²) in [6.45, 7) is 7.66. The van der Waals surface area contributed by atoms with E-state index in [1.807, 2.05) is 39.0 Å². The molecule has 5 atom stereocenters. The molecular formula is C28H29F3N6O3. The van der Waals surface area contributed by atoms with Gasteiger partial charge in [-0.05, 0) is 60.7 Å². The van der Waals surface area contributed by atoms with Crippen LogP contribution in [0.25, 0.3) is 10.9 Å². The molecule has 3 N–H and O–H groups in total. The number of alkyl halides is 3. The molecule has 3 heterocycles. The van der Waals surface area contributed by atoms with E-state index < -0.39 is 41.7 Å². The van der Waals surface area contributed by atoms with Crippen molar-refractivity contribution in [2.45, 2.75) is 58.3 Å². The number of likely N-dealkylation sites (tertiary alicyclic amines) is 1. The molecule has 0 radical (unpaired) electrons. The molecule has 1 saturated carbocycles. The first-order chi connectivity index (χ1) is 18.7. The molecule has 2 aromatic heterocycles. The summed E-state index contributed by atoms with van der Waals surface area (Å²) in [5.41, 5.74) is 0.292. The fourth-order valence-electron chi connectivity index (χ4n) is 6.03. The second-order valence-corrected chi connectivity index (χ2v) is 11.4. The predicted molar refractivity (Wildman–Crippen MR) is 139 cm³/mol. The Morgan fingerprint density at radius 2 is 2.00 bits per heavy atom. The first-order valence-corrected chi connectivity index (χ1v) is 13.0. The lowest BCUT2D eigenvalue weighted by Crippen LogP contribution is -2.53. The van der Waals surface area contributed by atoms with Crippen LogP contribution >= 0.6 is 0 Å². The minimum Gasteiger partial charge on any atom is -0.338 e. The lowest BCUT2D eigenvalue weighted by Gasteiger charge is -2.32. The van der Waals surface area contributed by atoms with Gasteiger partial charge in [0, 0.05) is 29.7 Å². The number of aryl methyl sites for hydroxylation is 1. The highest BCUT2D eigenvalue weighted by molar-refractivity contribution is 5.92. The maximum atomic E-state index is 13.6. The largest absolute Gasteiger partial charge is 0.435 e. The third-order valence-electron chi connectivity index (χ3n) is 8.46. The number of rotatable bonds is 6. The van der Waals surface area contributed by atoms with Crippen molar-refractivity contribution in [3.63, 3.8) is 0 Å². The van der Waals surface area contributed by atoms with Gasteiger partial charge in [0.2, 0.25) is 11.8 Å². The maximum absolute atomic E-state index is 13.6. The molecule has 2 fully saturated rings. The van der Waals surface area contributed by atoms with Gasteiger partial charge in [0.05, 0.1) is 12.0 Å². The molecule has 40 heavy (non-hydrogen) atoms. The number of H-pyrrole nitrogens is 2. The van der Waals surface area contributed by atoms with Crippen LogP contribution in [-0.2, 0) is 22.2 Å². The number of piperidine rings is 1. The van der Waals surface area contributed by atoms with Gasteiger partial charge in [-0.2, -0.15) is 23.5 Å². The number of nitriles is 1. The summed E-state index contributed by atoms with van der Waals surface area (Å²) in [7, 11) is 0. The fraction of sp³-hybridized carbons (Fsp3) is 0.464. The summed E-state index contributed by atoms with van der Waals surface area (Å²) in [6, 6.07) is 8.19. The van der Waals surface area contributed by atoms with Gasteiger partial charge in [-0.15, -0.1) is 0 Å². The number of aromatic nitrogens is 3. The summed E-state index contributed by atoms with van der Waals surface area (Å²) >= 11 is 0. The number of aromatic amines is 2. The summed E-state index contributed by atoms with van der Waals surface area (Å²) in [5, 5.41) is 18.9. The predicted octanol–water partition coefficient (Wildman–Crippen LogP) is 3.42. The van der Waals surface area contributed by atoms with Crippen molar-refractivity contribution in [2.24, 2.45) is 17.3 Å². The zero-order valence-corrected chi connectivity index (χ0v) is 22.4. The lowest BCUT2D eigenvalue weighted by atomic mass is 9.97. The Kier molecular flexibility index (Phi) is 6.51. The standard InChI is InChI=1S/C28H29F3N6O3/c1-13-5-6-19-15(7-13)8-16(24(38)34-19)9-17(11-32)33-25(39)23-22-18(27(22,3)4)12-37(23)26(40)14(2)20-10-21(36-35-20)28(29,30)31/h5-8,10,14,17-18,22-23H,9,12H2,1-4H3,(H,33,39)(H,34,38)(H,35,36)/t14?,17-,18-,22+,23-/m0/s1. The number of pyridine rings is 1. The first kappa shape index (κ1) is 27.4. The van der Waals surface area contributed by atoms with Crippen LogP contribution in [0.5, 0.6) is 0 Å². The second kappa shape index (κ2) is 9.50. The van der Waals surface area contributed by atoms with Crippen molar-refractivity contribution in [1.82, 2.24) is 25.4 Å². The monoisotopic (exact) mass is 554 g/mol. The first-order valence-electron chi connectivity index (χ1n) is 13.0. The van der Waals surface area contributed by atoms with E-state index in [0.29, 0.717) is 11.1 Å². The molecule has 0 bridgehead atoms. The van der Waals surface area contributed by atoms with Crippen LogP contribution in [0.1, 0.15) is 49.2 Å². The van der Waals surface area contributed by atoms with E-state index in [2.05, 4.69) is 20.5 Å². The molecule has 9 nitrogen and oxygen atoms in total. The summed E-state index contributed by atoms with van der Waals surface area (Å²) in [4.78, 5) is 43.9. The molecule has 1 aromatic carbocycles. The number of nitrogens with zero attached hydrogens (tertiary/aromatic N) is 3. The van der Waals surface area contributed by atoms with Gasteiger partial charge in [-0.1, -0.05) is 25.5 Å². The number of benzene rings is 1. The number of hydrogen-bond acceptors (Lipinski definition) is 5. The number of halogens is 3. The maximum Gasteiger partial charge on any atom is 0.435 e. The molecule has 12 heteroatoms. The molecule has 3 aromatic rings. The number of carbonyl (C=O) groups excluding carboxylic acids is 2. The van der Waals surface area contributed by atoms with E-state index in [4.69, 9.17) is 0 Å². The van der Waals surface area contributed by atoms with Gasteiger partial charge < -0.3 is 15.2 Å². The minimum atomic E-state index is -4.66. The van der Waals surface area contributed by atoms with Crippen molar-refractivity contribution in [3.05, 3.63) is 63.2 Å². The van der Waals surface area contributed by atoms with Crippen LogP contribution < -0.4 is 10.9 Å². The molecular weight excluding hydrogens is 525 g/mol. The molecule has 1 aliphatic heterocycles. The van der Waals surface area contributed by atoms with E-state index in [-0.39, 0.29) is 41.5 Å². The van der Waals surface area contributed by atoms with E-state index in [9.17, 15) is 32.8 Å². The Labute approximate surface area is 227 Å². The molecule has 1 saturated heterocycles. The minimum absolute atomic E-state index is 0.00279. The van der Waals surface area contributed by atoms with Crippen LogP contribution in [0.15, 0.2) is 35.1 Å². The second-order valence-electron chi connectivity index (χ2n) is 11.4. The number of carbonyl (C=O) groups is 2. The van der Waals surface area contributed by atoms with Crippen molar-refractivity contribution in [2.75, 3.05) is 6.54 Å². The zero-order valence-electron chi connectivity index (χ0n) is 22.4. The van der Waals surface area contributed by atoms with Gasteiger partial charge >= 0.3 is 6.18 Å². The topological polar surface area (TPSA) is 135 Å². The molecule has 1 unspecified atom stereocenters. The van der Waals surface area contributed by atoms with Crippen LogP contribution in [0, 0.1) is 35.5 Å². The Hall–Kier alpha value is -4.14. The highest BCUT2D eigenvalue weighted by atomic mass is 19.4. The SMILES string of the molecule is Cc1ccc2[nH]c(=O)c(C[C@@H](C#N)NC(=O)[C@@H]3[C@H]4[C@H](CN3C(=O)C(C)c3cc(C(F)(F)F)n[nH]3)C4(C)C)cc2c1. The smallest absolute Gasteiger partial charge is 0.338 e. The van der Waals surface area contributed by atoms with Crippen molar-refractivity contribution < 1.29 is 22.8 Å². The van der Waals surface area contributed by atoms with Crippen LogP contribution in [0.2, 0.25) is 0 Å². The quantitative estimate of drug-likeness (QED) is 0.429. The molecule has 2 amide bonds. The third kappa shape index (κ3) is 4.74. The summed E-state index contributed by atoms with van der Waals surface area (Å²) in [5.74, 6) is -2.15. The Balaban J connectivity index is 1.35. The third-order valence-corrected chi connectivity index (χ3v) is 8.46. The van der Waals surface area contributed by atoms with Crippen molar-refractivity contribution in [1.29, 1.82) is 5.26 Å². The molecule has 0 spiro atoms. The van der Waals surface area contributed by atoms with Gasteiger partial charge in [-0.3, -0.25) is 19.5 Å². The normalized spacial score (nSPS) is 22.9. The van der Waals surface area contributed by atoms with E-state index in [0.717, 1.165) is 17.0 Å². The highest BCUT2D eigenvalue weighted by Crippen LogP contribution is 2.65. The number of nitrogens with one attached hydrogen (secondary N) is 3. The van der Waals surface area contributed by atoms with Gasteiger partial charge in [-0.25, -0.2) is 0 Å². The Morgan fingerprint density at radius 1 is 1.27 bits per heavy atom. The lowest BCUT2D eigenvalue weighted by molar-refractivity contribution is -0.141. The zero-order chi connectivity index (χ0) is 29.1. The van der Waals surface area contributed by atoms with Crippen molar-refractivity contribution in [3.8, 4) is 6.07 Å². The van der Waals surface area contributed by atoms with Gasteiger partial charge in [0.1, 0.15) is 12.1 Å². The average molecular weight is 555 g/mol. The van der Waals surface area contributed by atoms with Crippen LogP contribution in [0.4, 0.5) is 13.2 Å². The van der Waals surface area contributed by atoms with E-state index in [1.165, 1.54) is 11.8 Å². The molecule has 1 aliphatic carbocycles. The number of amides is 2. The summed E-state index contributed by atoms with van der Waals surface area (Å²) in [6.07, 6.45) is -4.69. The fourth-order valence-corrected chi connectivity index (χ4v) is 6.03. The molecule has 2 aliphatic rings. The van der Waals surface area contributed by atoms with E-state index in [1.54, 1.807) is 12.1 Å². The summed E-state index contributed by atoms with van der Waals surface area (Å²) < 4.78 is 39.1. The van der Waals surface area contributed by atoms with E-state index >= 15 is 0 Å². The van der Waals surface area contributed by atoms with Crippen LogP contribution in [-0.4, -0.2) is 50.5 Å². The Bertz CT molecular complexity index is 1600. The molecule has 210 valence electrons. The van der Waals surface area contributed by atoms with Crippen molar-refractivity contribution >= 4 is 22.7 Å². The number of hydrogen-bond donors (Lipinski definition) is 3. The molecule has 5 rings (SSSR count).